The van der Waals surface area contributed by atoms with Crippen molar-refractivity contribution in [3.8, 4) is 0 Å². The Morgan fingerprint density at radius 3 is 2.64 bits per heavy atom. The fraction of sp³-hybridized carbons (Fsp3) is 0.850. The summed E-state index contributed by atoms with van der Waals surface area (Å²) in [4.78, 5) is 12.4. The van der Waals surface area contributed by atoms with E-state index >= 15 is 0 Å². The molecule has 3 fully saturated rings. The molecule has 0 aromatic rings. The van der Waals surface area contributed by atoms with Gasteiger partial charge in [0.15, 0.2) is 5.78 Å². The summed E-state index contributed by atoms with van der Waals surface area (Å²) in [6.07, 6.45) is -0.516. The minimum absolute atomic E-state index is 0.0401. The highest BCUT2D eigenvalue weighted by molar-refractivity contribution is 5.91. The van der Waals surface area contributed by atoms with Crippen molar-refractivity contribution >= 4 is 5.78 Å². The minimum atomic E-state index is -2.12. The molecule has 0 radical (unpaired) electrons. The van der Waals surface area contributed by atoms with Gasteiger partial charge in [0.1, 0.15) is 0 Å². The third kappa shape index (κ3) is 1.74. The molecule has 2 nitrogen and oxygen atoms in total. The third-order valence-electron chi connectivity index (χ3n) is 7.76. The molecular weight excluding hydrogens is 272 g/mol. The van der Waals surface area contributed by atoms with E-state index in [1.54, 1.807) is 0 Å². The van der Waals surface area contributed by atoms with Crippen LogP contribution in [0.15, 0.2) is 11.6 Å². The molecule has 0 heterocycles. The van der Waals surface area contributed by atoms with E-state index in [1.165, 1.54) is 0 Å². The van der Waals surface area contributed by atoms with Gasteiger partial charge in [0, 0.05) is 11.9 Å². The summed E-state index contributed by atoms with van der Waals surface area (Å²) in [5, 5.41) is 11.0. The number of allylic oxidation sites excluding steroid dienone is 1. The lowest BCUT2D eigenvalue weighted by molar-refractivity contribution is -0.124. The van der Waals surface area contributed by atoms with Gasteiger partial charge < -0.3 is 5.11 Å². The number of rotatable bonds is 0. The Labute approximate surface area is 141 Å². The lowest BCUT2D eigenvalue weighted by atomic mass is 9.46. The Morgan fingerprint density at radius 2 is 1.86 bits per heavy atom. The predicted molar refractivity (Wildman–Crippen MR) is 87.3 cm³/mol. The molecule has 0 aliphatic heterocycles. The normalized spacial score (nSPS) is 62.6. The number of fused-ring (bicyclic) bond motifs is 5. The summed E-state index contributed by atoms with van der Waals surface area (Å²) in [5.41, 5.74) is -1.61. The highest BCUT2D eigenvalue weighted by Gasteiger charge is 2.62. The fourth-order valence-electron chi connectivity index (χ4n) is 6.04. The molecule has 1 N–H and O–H groups in total. The smallest absolute Gasteiger partial charge is 0.155 e. The van der Waals surface area contributed by atoms with E-state index in [9.17, 15) is 9.90 Å². The van der Waals surface area contributed by atoms with Crippen molar-refractivity contribution in [1.29, 1.82) is 0 Å². The number of ketones is 1. The molecule has 4 aliphatic rings. The molecule has 0 spiro atoms. The number of hydrogen-bond acceptors (Lipinski definition) is 2. The first-order valence-electron chi connectivity index (χ1n) is 11.2. The van der Waals surface area contributed by atoms with E-state index in [4.69, 9.17) is 6.85 Å². The summed E-state index contributed by atoms with van der Waals surface area (Å²) in [5.74, 6) is -0.593. The Balaban J connectivity index is 1.85. The van der Waals surface area contributed by atoms with Gasteiger partial charge in [-0.15, -0.1) is 0 Å². The molecule has 4 rings (SSSR count). The van der Waals surface area contributed by atoms with Crippen molar-refractivity contribution in [3.63, 3.8) is 0 Å². The van der Waals surface area contributed by atoms with Crippen LogP contribution in [0.1, 0.15) is 78.9 Å². The monoisotopic (exact) mass is 307 g/mol. The van der Waals surface area contributed by atoms with Crippen LogP contribution in [0.2, 0.25) is 0 Å². The van der Waals surface area contributed by atoms with Gasteiger partial charge in [-0.25, -0.2) is 0 Å². The summed E-state index contributed by atoms with van der Waals surface area (Å²) in [6, 6.07) is -0.441. The molecule has 22 heavy (non-hydrogen) atoms. The van der Waals surface area contributed by atoms with Crippen LogP contribution in [0, 0.1) is 28.6 Å². The van der Waals surface area contributed by atoms with Crippen molar-refractivity contribution in [2.24, 2.45) is 28.6 Å². The van der Waals surface area contributed by atoms with Crippen LogP contribution in [0.4, 0.5) is 0 Å². The molecule has 6 atom stereocenters. The largest absolute Gasteiger partial charge is 0.390 e. The van der Waals surface area contributed by atoms with Crippen LogP contribution < -0.4 is 0 Å². The zero-order valence-electron chi connectivity index (χ0n) is 18.8. The molecule has 0 bridgehead atoms. The van der Waals surface area contributed by atoms with E-state index in [2.05, 4.69) is 6.92 Å². The van der Waals surface area contributed by atoms with Crippen LogP contribution >= 0.6 is 0 Å². The quantitative estimate of drug-likeness (QED) is 0.725. The number of hydrogen-bond donors (Lipinski definition) is 1. The molecule has 3 saturated carbocycles. The first-order chi connectivity index (χ1) is 12.2. The summed E-state index contributed by atoms with van der Waals surface area (Å²) < 4.78 is 42.1. The molecule has 0 saturated heterocycles. The number of aliphatic hydroxyl groups is 1. The predicted octanol–water partition coefficient (Wildman–Crippen LogP) is 4.27. The SMILES string of the molecule is [2H]C1=C2C([2H])([2H])C[C@@H]3[C@H](CC[C@@]4(C)[C@H]3CC[C@]4(C)O)[C@@]2(C)CC([2H])([2H])C1=O. The van der Waals surface area contributed by atoms with Gasteiger partial charge in [-0.2, -0.15) is 0 Å². The maximum absolute atomic E-state index is 12.4. The van der Waals surface area contributed by atoms with Gasteiger partial charge in [-0.3, -0.25) is 4.79 Å². The van der Waals surface area contributed by atoms with Crippen LogP contribution in [-0.4, -0.2) is 16.5 Å². The van der Waals surface area contributed by atoms with Gasteiger partial charge in [-0.1, -0.05) is 19.4 Å². The number of carbonyl (C=O) groups is 1. The molecule has 0 aromatic heterocycles. The second-order valence-electron chi connectivity index (χ2n) is 8.63. The van der Waals surface area contributed by atoms with Crippen molar-refractivity contribution in [1.82, 2.24) is 0 Å². The van der Waals surface area contributed by atoms with Gasteiger partial charge in [0.25, 0.3) is 0 Å². The molecule has 0 aromatic carbocycles. The summed E-state index contributed by atoms with van der Waals surface area (Å²) in [7, 11) is 0. The van der Waals surface area contributed by atoms with Crippen LogP contribution in [-0.2, 0) is 4.79 Å². The molecule has 4 aliphatic carbocycles. The Bertz CT molecular complexity index is 743. The fourth-order valence-corrected chi connectivity index (χ4v) is 6.04. The number of carbonyl (C=O) groups excluding carboxylic acids is 1. The van der Waals surface area contributed by atoms with Crippen LogP contribution in [0.25, 0.3) is 0 Å². The summed E-state index contributed by atoms with van der Waals surface area (Å²) in [6.45, 7) is 5.91. The molecule has 2 heteroatoms. The summed E-state index contributed by atoms with van der Waals surface area (Å²) >= 11 is 0. The second-order valence-corrected chi connectivity index (χ2v) is 8.63. The lowest BCUT2D eigenvalue weighted by Gasteiger charge is -2.58. The van der Waals surface area contributed by atoms with Crippen LogP contribution in [0.5, 0.6) is 0 Å². The van der Waals surface area contributed by atoms with Gasteiger partial charge >= 0.3 is 0 Å². The van der Waals surface area contributed by atoms with Gasteiger partial charge in [-0.05, 0) is 86.5 Å². The first-order valence-corrected chi connectivity index (χ1v) is 8.66. The van der Waals surface area contributed by atoms with E-state index in [1.807, 2.05) is 13.8 Å². The third-order valence-corrected chi connectivity index (χ3v) is 7.76. The first kappa shape index (κ1) is 10.3. The Morgan fingerprint density at radius 1 is 1.14 bits per heavy atom. The van der Waals surface area contributed by atoms with E-state index in [-0.39, 0.29) is 41.6 Å². The topological polar surface area (TPSA) is 37.3 Å². The standard InChI is InChI=1S/C20H30O2/c1-18-9-6-14(21)12-13(18)4-5-15-16(18)7-10-19(2)17(15)8-11-20(19,3)22/h12,15-17,22H,4-11H2,1-3H3/t15-,16+,17+,18+,19+,20+/m1/s1/i4D2,6D2,12D. The van der Waals surface area contributed by atoms with E-state index < -0.39 is 35.6 Å². The Kier molecular flexibility index (Phi) is 2.09. The van der Waals surface area contributed by atoms with Crippen molar-refractivity contribution in [2.45, 2.75) is 77.6 Å². The van der Waals surface area contributed by atoms with Gasteiger partial charge in [0.05, 0.1) is 6.97 Å². The average molecular weight is 307 g/mol. The van der Waals surface area contributed by atoms with Crippen molar-refractivity contribution < 1.29 is 16.8 Å². The second kappa shape index (κ2) is 4.47. The highest BCUT2D eigenvalue weighted by atomic mass is 16.3. The van der Waals surface area contributed by atoms with E-state index in [0.717, 1.165) is 19.3 Å². The van der Waals surface area contributed by atoms with Crippen molar-refractivity contribution in [3.05, 3.63) is 11.6 Å². The highest BCUT2D eigenvalue weighted by Crippen LogP contribution is 2.67. The van der Waals surface area contributed by atoms with Gasteiger partial charge in [0.2, 0.25) is 0 Å². The molecular formula is C20H30O2. The van der Waals surface area contributed by atoms with Crippen molar-refractivity contribution in [2.75, 3.05) is 0 Å². The zero-order chi connectivity index (χ0) is 20.2. The minimum Gasteiger partial charge on any atom is -0.390 e. The lowest BCUT2D eigenvalue weighted by Crippen LogP contribution is -2.53. The maximum atomic E-state index is 12.4. The molecule has 122 valence electrons. The Hall–Kier alpha value is -0.630. The van der Waals surface area contributed by atoms with E-state index in [0.29, 0.717) is 6.42 Å². The van der Waals surface area contributed by atoms with Crippen LogP contribution in [0.3, 0.4) is 0 Å². The molecule has 0 amide bonds. The average Bonchev–Trinajstić information content (AvgIpc) is 2.74. The zero-order valence-corrected chi connectivity index (χ0v) is 13.8. The maximum Gasteiger partial charge on any atom is 0.155 e. The molecule has 0 unspecified atom stereocenters.